The molecule has 0 atom stereocenters. The van der Waals surface area contributed by atoms with Gasteiger partial charge in [-0.2, -0.15) is 5.10 Å². The van der Waals surface area contributed by atoms with Crippen LogP contribution in [-0.4, -0.2) is 22.8 Å². The molecular weight excluding hydrogens is 228 g/mol. The average Bonchev–Trinajstić information content (AvgIpc) is 2.90. The van der Waals surface area contributed by atoms with Crippen LogP contribution < -0.4 is 0 Å². The van der Waals surface area contributed by atoms with E-state index in [0.717, 1.165) is 12.8 Å². The normalized spacial score (nSPS) is 10.5. The van der Waals surface area contributed by atoms with Gasteiger partial charge in [-0.1, -0.05) is 51.9 Å². The number of carbonyl (C=O) groups excluding carboxylic acids is 1. The summed E-state index contributed by atoms with van der Waals surface area (Å²) in [5, 5.41) is 6.37. The summed E-state index contributed by atoms with van der Waals surface area (Å²) in [5.41, 5.74) is 0.356. The number of ether oxygens (including phenoxy) is 1. The molecule has 0 bridgehead atoms. The highest BCUT2D eigenvalue weighted by atomic mass is 16.5. The first kappa shape index (κ1) is 14.7. The van der Waals surface area contributed by atoms with E-state index in [2.05, 4.69) is 17.1 Å². The molecule has 1 rings (SSSR count). The van der Waals surface area contributed by atoms with Crippen molar-refractivity contribution >= 4 is 5.97 Å². The maximum Gasteiger partial charge on any atom is 0.358 e. The fraction of sp³-hybridized carbons (Fsp3) is 0.714. The Bertz CT molecular complexity index is 310. The van der Waals surface area contributed by atoms with E-state index in [1.165, 1.54) is 38.5 Å². The number of esters is 1. The van der Waals surface area contributed by atoms with E-state index in [1.807, 2.05) is 0 Å². The van der Waals surface area contributed by atoms with E-state index >= 15 is 0 Å². The zero-order valence-electron chi connectivity index (χ0n) is 11.3. The summed E-state index contributed by atoms with van der Waals surface area (Å²) in [7, 11) is 0. The molecule has 1 heterocycles. The quantitative estimate of drug-likeness (QED) is 0.510. The standard InChI is InChI=1S/C14H24N2O2/c1-2-3-4-5-6-7-8-9-12-18-14(17)13-10-11-15-16-13/h10-11H,2-9,12H2,1H3,(H,15,16). The number of unbranched alkanes of at least 4 members (excludes halogenated alkanes) is 7. The number of rotatable bonds is 10. The van der Waals surface area contributed by atoms with Crippen molar-refractivity contribution in [1.29, 1.82) is 0 Å². The van der Waals surface area contributed by atoms with Crippen molar-refractivity contribution in [1.82, 2.24) is 10.2 Å². The van der Waals surface area contributed by atoms with E-state index in [-0.39, 0.29) is 5.97 Å². The highest BCUT2D eigenvalue weighted by Crippen LogP contribution is 2.08. The van der Waals surface area contributed by atoms with Gasteiger partial charge in [0.2, 0.25) is 0 Å². The minimum Gasteiger partial charge on any atom is -0.461 e. The molecule has 0 fully saturated rings. The number of carbonyl (C=O) groups is 1. The Hall–Kier alpha value is -1.32. The number of nitrogens with zero attached hydrogens (tertiary/aromatic N) is 1. The lowest BCUT2D eigenvalue weighted by molar-refractivity contribution is 0.0490. The smallest absolute Gasteiger partial charge is 0.358 e. The largest absolute Gasteiger partial charge is 0.461 e. The summed E-state index contributed by atoms with van der Waals surface area (Å²) in [5.74, 6) is -0.334. The first-order valence-electron chi connectivity index (χ1n) is 7.01. The molecule has 1 aromatic rings. The summed E-state index contributed by atoms with van der Waals surface area (Å²) in [6.45, 7) is 2.73. The van der Waals surface area contributed by atoms with Gasteiger partial charge in [-0.05, 0) is 12.5 Å². The summed E-state index contributed by atoms with van der Waals surface area (Å²) in [6.07, 6.45) is 11.6. The highest BCUT2D eigenvalue weighted by Gasteiger charge is 2.07. The predicted molar refractivity (Wildman–Crippen MR) is 71.5 cm³/mol. The minimum atomic E-state index is -0.334. The number of hydrogen-bond acceptors (Lipinski definition) is 3. The molecule has 0 aliphatic carbocycles. The van der Waals surface area contributed by atoms with Crippen LogP contribution in [0.3, 0.4) is 0 Å². The maximum atomic E-state index is 11.4. The van der Waals surface area contributed by atoms with Crippen LogP contribution >= 0.6 is 0 Å². The topological polar surface area (TPSA) is 55.0 Å². The third-order valence-corrected chi connectivity index (χ3v) is 2.94. The van der Waals surface area contributed by atoms with Crippen molar-refractivity contribution < 1.29 is 9.53 Å². The van der Waals surface area contributed by atoms with Crippen LogP contribution in [0.2, 0.25) is 0 Å². The highest BCUT2D eigenvalue weighted by molar-refractivity contribution is 5.86. The van der Waals surface area contributed by atoms with E-state index < -0.39 is 0 Å². The molecule has 102 valence electrons. The molecule has 4 heteroatoms. The molecule has 18 heavy (non-hydrogen) atoms. The molecule has 0 radical (unpaired) electrons. The first-order chi connectivity index (χ1) is 8.84. The molecule has 0 unspecified atom stereocenters. The Balaban J connectivity index is 1.88. The number of aromatic amines is 1. The van der Waals surface area contributed by atoms with Crippen LogP contribution in [0.4, 0.5) is 0 Å². The molecule has 0 saturated carbocycles. The van der Waals surface area contributed by atoms with Gasteiger partial charge in [0.25, 0.3) is 0 Å². The fourth-order valence-electron chi connectivity index (χ4n) is 1.85. The zero-order valence-corrected chi connectivity index (χ0v) is 11.3. The van der Waals surface area contributed by atoms with Gasteiger partial charge in [-0.15, -0.1) is 0 Å². The third kappa shape index (κ3) is 6.42. The zero-order chi connectivity index (χ0) is 13.1. The first-order valence-corrected chi connectivity index (χ1v) is 7.01. The fourth-order valence-corrected chi connectivity index (χ4v) is 1.85. The van der Waals surface area contributed by atoms with Crippen molar-refractivity contribution in [3.8, 4) is 0 Å². The van der Waals surface area contributed by atoms with Gasteiger partial charge < -0.3 is 4.74 Å². The van der Waals surface area contributed by atoms with E-state index in [0.29, 0.717) is 12.3 Å². The summed E-state index contributed by atoms with van der Waals surface area (Å²) in [6, 6.07) is 1.62. The van der Waals surface area contributed by atoms with Gasteiger partial charge in [-0.3, -0.25) is 5.10 Å². The number of nitrogens with one attached hydrogen (secondary N) is 1. The number of H-pyrrole nitrogens is 1. The lowest BCUT2D eigenvalue weighted by Gasteiger charge is -2.03. The molecule has 0 spiro atoms. The molecular formula is C14H24N2O2. The van der Waals surface area contributed by atoms with Crippen molar-refractivity contribution in [3.63, 3.8) is 0 Å². The molecule has 0 aromatic carbocycles. The second-order valence-electron chi connectivity index (χ2n) is 4.57. The lowest BCUT2D eigenvalue weighted by atomic mass is 10.1. The van der Waals surface area contributed by atoms with Gasteiger partial charge in [0, 0.05) is 6.20 Å². The van der Waals surface area contributed by atoms with E-state index in [9.17, 15) is 4.79 Å². The van der Waals surface area contributed by atoms with Crippen LogP contribution in [0.25, 0.3) is 0 Å². The lowest BCUT2D eigenvalue weighted by Crippen LogP contribution is -2.06. The monoisotopic (exact) mass is 252 g/mol. The van der Waals surface area contributed by atoms with Gasteiger partial charge in [0.15, 0.2) is 5.69 Å². The Morgan fingerprint density at radius 3 is 2.44 bits per heavy atom. The molecule has 4 nitrogen and oxygen atoms in total. The van der Waals surface area contributed by atoms with Crippen LogP contribution in [-0.2, 0) is 4.74 Å². The van der Waals surface area contributed by atoms with Crippen LogP contribution in [0, 0.1) is 0 Å². The minimum absolute atomic E-state index is 0.334. The van der Waals surface area contributed by atoms with Crippen molar-refractivity contribution in [2.75, 3.05) is 6.61 Å². The van der Waals surface area contributed by atoms with Gasteiger partial charge >= 0.3 is 5.97 Å². The number of hydrogen-bond donors (Lipinski definition) is 1. The molecule has 0 aliphatic heterocycles. The van der Waals surface area contributed by atoms with Crippen LogP contribution in [0.15, 0.2) is 12.3 Å². The van der Waals surface area contributed by atoms with Gasteiger partial charge in [0.05, 0.1) is 6.61 Å². The van der Waals surface area contributed by atoms with Crippen LogP contribution in [0.1, 0.15) is 68.8 Å². The molecule has 0 saturated heterocycles. The summed E-state index contributed by atoms with van der Waals surface area (Å²) in [4.78, 5) is 11.4. The second-order valence-corrected chi connectivity index (χ2v) is 4.57. The maximum absolute atomic E-state index is 11.4. The Morgan fingerprint density at radius 2 is 1.83 bits per heavy atom. The summed E-state index contributed by atoms with van der Waals surface area (Å²) >= 11 is 0. The van der Waals surface area contributed by atoms with E-state index in [1.54, 1.807) is 12.3 Å². The average molecular weight is 252 g/mol. The van der Waals surface area contributed by atoms with Crippen LogP contribution in [0.5, 0.6) is 0 Å². The van der Waals surface area contributed by atoms with Gasteiger partial charge in [0.1, 0.15) is 0 Å². The third-order valence-electron chi connectivity index (χ3n) is 2.94. The Kier molecular flexibility index (Phi) is 7.93. The molecule has 1 N–H and O–H groups in total. The summed E-state index contributed by atoms with van der Waals surface area (Å²) < 4.78 is 5.11. The van der Waals surface area contributed by atoms with Gasteiger partial charge in [-0.25, -0.2) is 4.79 Å². The Labute approximate surface area is 109 Å². The van der Waals surface area contributed by atoms with Crippen molar-refractivity contribution in [2.45, 2.75) is 58.3 Å². The SMILES string of the molecule is CCCCCCCCCCOC(=O)c1cc[nH]n1. The second kappa shape index (κ2) is 9.68. The van der Waals surface area contributed by atoms with E-state index in [4.69, 9.17) is 4.74 Å². The Morgan fingerprint density at radius 1 is 1.17 bits per heavy atom. The van der Waals surface area contributed by atoms with Crippen molar-refractivity contribution in [2.24, 2.45) is 0 Å². The molecule has 0 aliphatic rings. The number of aromatic nitrogens is 2. The predicted octanol–water partition coefficient (Wildman–Crippen LogP) is 3.71. The molecule has 1 aromatic heterocycles. The van der Waals surface area contributed by atoms with Crippen molar-refractivity contribution in [3.05, 3.63) is 18.0 Å². The molecule has 0 amide bonds.